The summed E-state index contributed by atoms with van der Waals surface area (Å²) in [5, 5.41) is 13.5. The second-order valence-corrected chi connectivity index (χ2v) is 4.96. The van der Waals surface area contributed by atoms with Crippen LogP contribution >= 0.6 is 0 Å². The molecular weight excluding hydrogens is 312 g/mol. The lowest BCUT2D eigenvalue weighted by atomic mass is 10.1. The van der Waals surface area contributed by atoms with Crippen LogP contribution in [0.25, 0.3) is 0 Å². The highest BCUT2D eigenvalue weighted by molar-refractivity contribution is 6.06. The van der Waals surface area contributed by atoms with Crippen molar-refractivity contribution in [2.24, 2.45) is 0 Å². The lowest BCUT2D eigenvalue weighted by molar-refractivity contribution is -0.384. The summed E-state index contributed by atoms with van der Waals surface area (Å²) in [7, 11) is 0. The van der Waals surface area contributed by atoms with Crippen LogP contribution in [0.15, 0.2) is 42.5 Å². The fourth-order valence-corrected chi connectivity index (χ4v) is 2.16. The van der Waals surface area contributed by atoms with Crippen molar-refractivity contribution in [1.29, 1.82) is 0 Å². The standard InChI is InChI=1S/C17H16N2O5/c1-3-24-17(21)14-8-5-9-15(11(14)2)18-16(20)12-6-4-7-13(10-12)19(22)23/h4-10H,3H2,1-2H3,(H,18,20). The number of nitro benzene ring substituents is 1. The van der Waals surface area contributed by atoms with Crippen LogP contribution in [0.3, 0.4) is 0 Å². The van der Waals surface area contributed by atoms with E-state index in [4.69, 9.17) is 4.74 Å². The Kier molecular flexibility index (Phi) is 5.26. The van der Waals surface area contributed by atoms with Crippen molar-refractivity contribution in [2.75, 3.05) is 11.9 Å². The van der Waals surface area contributed by atoms with Gasteiger partial charge in [-0.3, -0.25) is 14.9 Å². The maximum absolute atomic E-state index is 12.3. The second-order valence-electron chi connectivity index (χ2n) is 4.96. The number of nitrogens with zero attached hydrogens (tertiary/aromatic N) is 1. The van der Waals surface area contributed by atoms with Crippen LogP contribution in [0.1, 0.15) is 33.2 Å². The molecule has 0 aliphatic rings. The van der Waals surface area contributed by atoms with Crippen molar-refractivity contribution in [3.63, 3.8) is 0 Å². The molecule has 0 aliphatic carbocycles. The van der Waals surface area contributed by atoms with Crippen LogP contribution in [-0.2, 0) is 4.74 Å². The van der Waals surface area contributed by atoms with Crippen molar-refractivity contribution in [3.05, 3.63) is 69.3 Å². The Labute approximate surface area is 138 Å². The minimum absolute atomic E-state index is 0.158. The predicted octanol–water partition coefficient (Wildman–Crippen LogP) is 3.33. The molecule has 2 aromatic rings. The van der Waals surface area contributed by atoms with Crippen molar-refractivity contribution in [1.82, 2.24) is 0 Å². The highest BCUT2D eigenvalue weighted by atomic mass is 16.6. The molecule has 0 bridgehead atoms. The summed E-state index contributed by atoms with van der Waals surface area (Å²) in [5.74, 6) is -0.968. The number of esters is 1. The van der Waals surface area contributed by atoms with Gasteiger partial charge in [-0.1, -0.05) is 12.1 Å². The molecule has 0 saturated carbocycles. The van der Waals surface area contributed by atoms with Crippen molar-refractivity contribution in [2.45, 2.75) is 13.8 Å². The van der Waals surface area contributed by atoms with Crippen LogP contribution in [0.5, 0.6) is 0 Å². The minimum atomic E-state index is -0.566. The number of amides is 1. The zero-order valence-electron chi connectivity index (χ0n) is 13.2. The third-order valence-corrected chi connectivity index (χ3v) is 3.40. The first-order valence-corrected chi connectivity index (χ1v) is 7.26. The van der Waals surface area contributed by atoms with Crippen LogP contribution in [0.4, 0.5) is 11.4 Å². The lowest BCUT2D eigenvalue weighted by Gasteiger charge is -2.12. The van der Waals surface area contributed by atoms with E-state index in [2.05, 4.69) is 5.32 Å². The Morgan fingerprint density at radius 2 is 1.92 bits per heavy atom. The van der Waals surface area contributed by atoms with Crippen LogP contribution in [0, 0.1) is 17.0 Å². The van der Waals surface area contributed by atoms with Gasteiger partial charge in [0.15, 0.2) is 0 Å². The maximum Gasteiger partial charge on any atom is 0.338 e. The van der Waals surface area contributed by atoms with Crippen molar-refractivity contribution >= 4 is 23.3 Å². The molecule has 0 unspecified atom stereocenters. The van der Waals surface area contributed by atoms with Crippen molar-refractivity contribution in [3.8, 4) is 0 Å². The van der Waals surface area contributed by atoms with Gasteiger partial charge in [-0.2, -0.15) is 0 Å². The molecule has 24 heavy (non-hydrogen) atoms. The van der Waals surface area contributed by atoms with Gasteiger partial charge >= 0.3 is 5.97 Å². The Morgan fingerprint density at radius 1 is 1.21 bits per heavy atom. The van der Waals surface area contributed by atoms with Gasteiger partial charge in [-0.05, 0) is 37.6 Å². The zero-order valence-corrected chi connectivity index (χ0v) is 13.2. The molecule has 0 spiro atoms. The zero-order chi connectivity index (χ0) is 17.7. The number of nitrogens with one attached hydrogen (secondary N) is 1. The molecule has 2 rings (SSSR count). The van der Waals surface area contributed by atoms with Gasteiger partial charge < -0.3 is 10.1 Å². The fourth-order valence-electron chi connectivity index (χ4n) is 2.16. The summed E-state index contributed by atoms with van der Waals surface area (Å²) in [6.45, 7) is 3.65. The molecule has 0 fully saturated rings. The number of hydrogen-bond donors (Lipinski definition) is 1. The lowest BCUT2D eigenvalue weighted by Crippen LogP contribution is -2.15. The number of carbonyl (C=O) groups is 2. The largest absolute Gasteiger partial charge is 0.462 e. The number of carbonyl (C=O) groups excluding carboxylic acids is 2. The summed E-state index contributed by atoms with van der Waals surface area (Å²) < 4.78 is 4.97. The molecule has 124 valence electrons. The molecule has 2 aromatic carbocycles. The Balaban J connectivity index is 2.26. The number of nitro groups is 1. The maximum atomic E-state index is 12.3. The summed E-state index contributed by atoms with van der Waals surface area (Å²) in [5.41, 5.74) is 1.35. The molecule has 0 saturated heterocycles. The van der Waals surface area contributed by atoms with Crippen LogP contribution in [0.2, 0.25) is 0 Å². The van der Waals surface area contributed by atoms with Gasteiger partial charge in [0.1, 0.15) is 0 Å². The van der Waals surface area contributed by atoms with Gasteiger partial charge in [-0.15, -0.1) is 0 Å². The average Bonchev–Trinajstić information content (AvgIpc) is 2.57. The van der Waals surface area contributed by atoms with Gasteiger partial charge in [0.25, 0.3) is 11.6 Å². The summed E-state index contributed by atoms with van der Waals surface area (Å²) in [4.78, 5) is 34.4. The molecule has 0 aromatic heterocycles. The summed E-state index contributed by atoms with van der Waals surface area (Å²) in [6.07, 6.45) is 0. The van der Waals surface area contributed by atoms with E-state index in [1.165, 1.54) is 24.3 Å². The molecule has 0 radical (unpaired) electrons. The summed E-state index contributed by atoms with van der Waals surface area (Å²) >= 11 is 0. The summed E-state index contributed by atoms with van der Waals surface area (Å²) in [6, 6.07) is 10.3. The third-order valence-electron chi connectivity index (χ3n) is 3.40. The molecule has 1 amide bonds. The van der Waals surface area contributed by atoms with E-state index in [9.17, 15) is 19.7 Å². The van der Waals surface area contributed by atoms with E-state index in [1.807, 2.05) is 0 Å². The molecular formula is C17H16N2O5. The van der Waals surface area contributed by atoms with E-state index in [0.717, 1.165) is 0 Å². The van der Waals surface area contributed by atoms with Gasteiger partial charge in [0, 0.05) is 23.4 Å². The molecule has 1 N–H and O–H groups in total. The van der Waals surface area contributed by atoms with E-state index in [1.54, 1.807) is 32.0 Å². The molecule has 0 heterocycles. The number of anilines is 1. The van der Waals surface area contributed by atoms with E-state index in [-0.39, 0.29) is 17.9 Å². The number of benzene rings is 2. The smallest absolute Gasteiger partial charge is 0.338 e. The van der Waals surface area contributed by atoms with Gasteiger partial charge in [0.05, 0.1) is 17.1 Å². The quantitative estimate of drug-likeness (QED) is 0.515. The topological polar surface area (TPSA) is 98.5 Å². The van der Waals surface area contributed by atoms with Gasteiger partial charge in [-0.25, -0.2) is 4.79 Å². The molecule has 7 heteroatoms. The Morgan fingerprint density at radius 3 is 2.58 bits per heavy atom. The first-order valence-electron chi connectivity index (χ1n) is 7.26. The Bertz CT molecular complexity index is 801. The minimum Gasteiger partial charge on any atom is -0.462 e. The molecule has 0 atom stereocenters. The number of hydrogen-bond acceptors (Lipinski definition) is 5. The predicted molar refractivity (Wildman–Crippen MR) is 88.2 cm³/mol. The fraction of sp³-hybridized carbons (Fsp3) is 0.176. The van der Waals surface area contributed by atoms with Crippen molar-refractivity contribution < 1.29 is 19.2 Å². The highest BCUT2D eigenvalue weighted by Crippen LogP contribution is 2.21. The molecule has 0 aliphatic heterocycles. The first-order chi connectivity index (χ1) is 11.4. The average molecular weight is 328 g/mol. The monoisotopic (exact) mass is 328 g/mol. The third kappa shape index (κ3) is 3.75. The van der Waals surface area contributed by atoms with E-state index in [0.29, 0.717) is 16.8 Å². The number of non-ortho nitro benzene ring substituents is 1. The highest BCUT2D eigenvalue weighted by Gasteiger charge is 2.16. The number of rotatable bonds is 5. The van der Waals surface area contributed by atoms with E-state index < -0.39 is 16.8 Å². The first kappa shape index (κ1) is 17.1. The Hall–Kier alpha value is -3.22. The van der Waals surface area contributed by atoms with Crippen LogP contribution < -0.4 is 5.32 Å². The van der Waals surface area contributed by atoms with Crippen LogP contribution in [-0.4, -0.2) is 23.4 Å². The van der Waals surface area contributed by atoms with Gasteiger partial charge in [0.2, 0.25) is 0 Å². The number of ether oxygens (including phenoxy) is 1. The SMILES string of the molecule is CCOC(=O)c1cccc(NC(=O)c2cccc([N+](=O)[O-])c2)c1C. The normalized spacial score (nSPS) is 10.1. The molecule has 7 nitrogen and oxygen atoms in total. The van der Waals surface area contributed by atoms with E-state index >= 15 is 0 Å². The second kappa shape index (κ2) is 7.36.